The second-order valence-electron chi connectivity index (χ2n) is 3.42. The van der Waals surface area contributed by atoms with Gasteiger partial charge in [0.2, 0.25) is 5.91 Å². The Morgan fingerprint density at radius 2 is 2.00 bits per heavy atom. The molecular formula is C8H15NO. The van der Waals surface area contributed by atoms with Crippen LogP contribution < -0.4 is 5.73 Å². The summed E-state index contributed by atoms with van der Waals surface area (Å²) < 4.78 is 0. The van der Waals surface area contributed by atoms with Crippen LogP contribution in [0.1, 0.15) is 26.7 Å². The van der Waals surface area contributed by atoms with Crippen molar-refractivity contribution in [1.29, 1.82) is 0 Å². The molecule has 0 aromatic heterocycles. The predicted octanol–water partition coefficient (Wildman–Crippen LogP) is 1.15. The van der Waals surface area contributed by atoms with Gasteiger partial charge in [-0.05, 0) is 24.7 Å². The van der Waals surface area contributed by atoms with E-state index < -0.39 is 0 Å². The van der Waals surface area contributed by atoms with Gasteiger partial charge in [-0.15, -0.1) is 0 Å². The molecule has 1 aliphatic rings. The Balaban J connectivity index is 2.57. The average molecular weight is 141 g/mol. The highest BCUT2D eigenvalue weighted by molar-refractivity contribution is 5.77. The van der Waals surface area contributed by atoms with Crippen molar-refractivity contribution in [2.75, 3.05) is 0 Å². The highest BCUT2D eigenvalue weighted by Gasteiger charge is 2.33. The van der Waals surface area contributed by atoms with Crippen LogP contribution >= 0.6 is 0 Å². The fraction of sp³-hybridized carbons (Fsp3) is 0.875. The third-order valence-corrected chi connectivity index (χ3v) is 2.83. The highest BCUT2D eigenvalue weighted by atomic mass is 16.1. The number of primary amides is 1. The van der Waals surface area contributed by atoms with Crippen molar-refractivity contribution < 1.29 is 4.79 Å². The van der Waals surface area contributed by atoms with Crippen molar-refractivity contribution in [1.82, 2.24) is 0 Å². The molecule has 58 valence electrons. The fourth-order valence-corrected chi connectivity index (χ4v) is 1.77. The van der Waals surface area contributed by atoms with Gasteiger partial charge in [-0.25, -0.2) is 0 Å². The first-order chi connectivity index (χ1) is 4.63. The molecule has 1 fully saturated rings. The lowest BCUT2D eigenvalue weighted by molar-refractivity contribution is -0.122. The van der Waals surface area contributed by atoms with Crippen molar-refractivity contribution in [3.63, 3.8) is 0 Å². The second kappa shape index (κ2) is 2.60. The van der Waals surface area contributed by atoms with Gasteiger partial charge in [0.05, 0.1) is 0 Å². The van der Waals surface area contributed by atoms with Gasteiger partial charge in [-0.2, -0.15) is 0 Å². The number of rotatable bonds is 1. The molecular weight excluding hydrogens is 126 g/mol. The standard InChI is InChI=1S/C8H15NO/c1-5-3-4-7(6(5)2)8(9)10/h5-7H,3-4H2,1-2H3,(H2,9,10). The Labute approximate surface area is 61.8 Å². The molecule has 2 N–H and O–H groups in total. The summed E-state index contributed by atoms with van der Waals surface area (Å²) in [7, 11) is 0. The molecule has 2 nitrogen and oxygen atoms in total. The number of carbonyl (C=O) groups is 1. The van der Waals surface area contributed by atoms with Gasteiger partial charge in [-0.3, -0.25) is 4.79 Å². The molecule has 0 bridgehead atoms. The van der Waals surface area contributed by atoms with Crippen LogP contribution in [0, 0.1) is 17.8 Å². The molecule has 3 unspecified atom stereocenters. The van der Waals surface area contributed by atoms with Crippen LogP contribution in [0.15, 0.2) is 0 Å². The Kier molecular flexibility index (Phi) is 1.97. The lowest BCUT2D eigenvalue weighted by atomic mass is 9.92. The second-order valence-corrected chi connectivity index (χ2v) is 3.42. The molecule has 0 saturated heterocycles. The third kappa shape index (κ3) is 1.15. The number of amides is 1. The Morgan fingerprint density at radius 1 is 1.40 bits per heavy atom. The van der Waals surface area contributed by atoms with Crippen molar-refractivity contribution in [2.45, 2.75) is 26.7 Å². The van der Waals surface area contributed by atoms with Gasteiger partial charge in [0.15, 0.2) is 0 Å². The molecule has 1 saturated carbocycles. The number of hydrogen-bond donors (Lipinski definition) is 1. The minimum Gasteiger partial charge on any atom is -0.369 e. The zero-order valence-corrected chi connectivity index (χ0v) is 6.63. The van der Waals surface area contributed by atoms with E-state index in [9.17, 15) is 4.79 Å². The zero-order valence-electron chi connectivity index (χ0n) is 6.63. The molecule has 0 spiro atoms. The van der Waals surface area contributed by atoms with E-state index in [0.29, 0.717) is 11.8 Å². The maximum absolute atomic E-state index is 10.8. The predicted molar refractivity (Wildman–Crippen MR) is 40.2 cm³/mol. The van der Waals surface area contributed by atoms with Gasteiger partial charge in [-0.1, -0.05) is 13.8 Å². The third-order valence-electron chi connectivity index (χ3n) is 2.83. The number of carbonyl (C=O) groups excluding carboxylic acids is 1. The van der Waals surface area contributed by atoms with Gasteiger partial charge >= 0.3 is 0 Å². The van der Waals surface area contributed by atoms with Crippen molar-refractivity contribution in [3.05, 3.63) is 0 Å². The van der Waals surface area contributed by atoms with Gasteiger partial charge in [0.1, 0.15) is 0 Å². The molecule has 3 atom stereocenters. The molecule has 0 aromatic rings. The number of nitrogens with two attached hydrogens (primary N) is 1. The van der Waals surface area contributed by atoms with Crippen LogP contribution in [0.3, 0.4) is 0 Å². The first-order valence-corrected chi connectivity index (χ1v) is 3.92. The lowest BCUT2D eigenvalue weighted by Crippen LogP contribution is -2.26. The lowest BCUT2D eigenvalue weighted by Gasteiger charge is -2.13. The van der Waals surface area contributed by atoms with Crippen molar-refractivity contribution >= 4 is 5.91 Å². The summed E-state index contributed by atoms with van der Waals surface area (Å²) in [6.07, 6.45) is 2.16. The summed E-state index contributed by atoms with van der Waals surface area (Å²) in [6, 6.07) is 0. The van der Waals surface area contributed by atoms with Crippen LogP contribution in [-0.4, -0.2) is 5.91 Å². The quantitative estimate of drug-likeness (QED) is 0.585. The summed E-state index contributed by atoms with van der Waals surface area (Å²) in [5.41, 5.74) is 5.21. The molecule has 1 rings (SSSR count). The zero-order chi connectivity index (χ0) is 7.72. The minimum absolute atomic E-state index is 0.114. The summed E-state index contributed by atoms with van der Waals surface area (Å²) >= 11 is 0. The Hall–Kier alpha value is -0.530. The molecule has 1 aliphatic carbocycles. The SMILES string of the molecule is CC1CCC(C(N)=O)C1C. The smallest absolute Gasteiger partial charge is 0.220 e. The largest absolute Gasteiger partial charge is 0.369 e. The molecule has 0 heterocycles. The van der Waals surface area contributed by atoms with E-state index in [2.05, 4.69) is 13.8 Å². The topological polar surface area (TPSA) is 43.1 Å². The first-order valence-electron chi connectivity index (χ1n) is 3.92. The van der Waals surface area contributed by atoms with Crippen LogP contribution in [0.25, 0.3) is 0 Å². The summed E-state index contributed by atoms with van der Waals surface area (Å²) in [5.74, 6) is 1.21. The average Bonchev–Trinajstić information content (AvgIpc) is 2.14. The van der Waals surface area contributed by atoms with Crippen LogP contribution in [0.2, 0.25) is 0 Å². The fourth-order valence-electron chi connectivity index (χ4n) is 1.77. The molecule has 0 radical (unpaired) electrons. The van der Waals surface area contributed by atoms with Crippen LogP contribution in [-0.2, 0) is 4.79 Å². The van der Waals surface area contributed by atoms with Crippen LogP contribution in [0.5, 0.6) is 0 Å². The minimum atomic E-state index is -0.114. The highest BCUT2D eigenvalue weighted by Crippen LogP contribution is 2.35. The summed E-state index contributed by atoms with van der Waals surface area (Å²) in [5, 5.41) is 0. The van der Waals surface area contributed by atoms with Crippen LogP contribution in [0.4, 0.5) is 0 Å². The molecule has 2 heteroatoms. The van der Waals surface area contributed by atoms with Gasteiger partial charge in [0.25, 0.3) is 0 Å². The van der Waals surface area contributed by atoms with E-state index in [4.69, 9.17) is 5.73 Å². The molecule has 1 amide bonds. The Bertz CT molecular complexity index is 144. The van der Waals surface area contributed by atoms with E-state index in [1.807, 2.05) is 0 Å². The first kappa shape index (κ1) is 7.58. The van der Waals surface area contributed by atoms with Crippen molar-refractivity contribution in [3.8, 4) is 0 Å². The van der Waals surface area contributed by atoms with Gasteiger partial charge < -0.3 is 5.73 Å². The Morgan fingerprint density at radius 3 is 2.20 bits per heavy atom. The van der Waals surface area contributed by atoms with E-state index in [0.717, 1.165) is 12.8 Å². The molecule has 10 heavy (non-hydrogen) atoms. The van der Waals surface area contributed by atoms with E-state index in [1.165, 1.54) is 0 Å². The van der Waals surface area contributed by atoms with Gasteiger partial charge in [0, 0.05) is 5.92 Å². The van der Waals surface area contributed by atoms with E-state index >= 15 is 0 Å². The normalized spacial score (nSPS) is 40.0. The summed E-state index contributed by atoms with van der Waals surface area (Å²) in [6.45, 7) is 4.31. The van der Waals surface area contributed by atoms with E-state index in [1.54, 1.807) is 0 Å². The monoisotopic (exact) mass is 141 g/mol. The number of hydrogen-bond acceptors (Lipinski definition) is 1. The molecule has 0 aromatic carbocycles. The maximum atomic E-state index is 10.8. The molecule has 0 aliphatic heterocycles. The summed E-state index contributed by atoms with van der Waals surface area (Å²) in [4.78, 5) is 10.8. The van der Waals surface area contributed by atoms with E-state index in [-0.39, 0.29) is 11.8 Å². The maximum Gasteiger partial charge on any atom is 0.220 e. The van der Waals surface area contributed by atoms with Crippen molar-refractivity contribution in [2.24, 2.45) is 23.5 Å².